The fourth-order valence-electron chi connectivity index (χ4n) is 1.25. The first-order chi connectivity index (χ1) is 4.70. The molecule has 0 atom stereocenters. The largest absolute Gasteiger partial charge is 0.332 e. The fraction of sp³-hybridized carbons (Fsp3) is 0.667. The third-order valence-corrected chi connectivity index (χ3v) is 1.98. The maximum Gasteiger partial charge on any atom is 0.321 e. The Kier molecular flexibility index (Phi) is 0.859. The molecule has 2 fully saturated rings. The summed E-state index contributed by atoms with van der Waals surface area (Å²) < 4.78 is 0. The number of rotatable bonds is 0. The van der Waals surface area contributed by atoms with Gasteiger partial charge in [0.05, 0.1) is 12.0 Å². The number of urea groups is 1. The van der Waals surface area contributed by atoms with Crippen LogP contribution in [0.3, 0.4) is 0 Å². The Morgan fingerprint density at radius 1 is 1.30 bits per heavy atom. The van der Waals surface area contributed by atoms with Gasteiger partial charge in [0.1, 0.15) is 0 Å². The van der Waals surface area contributed by atoms with E-state index in [1.165, 1.54) is 0 Å². The smallest absolute Gasteiger partial charge is 0.321 e. The highest BCUT2D eigenvalue weighted by Gasteiger charge is 2.48. The monoisotopic (exact) mass is 140 g/mol. The second-order valence-corrected chi connectivity index (χ2v) is 2.96. The third kappa shape index (κ3) is 0.761. The van der Waals surface area contributed by atoms with E-state index in [0.717, 1.165) is 12.8 Å². The van der Waals surface area contributed by atoms with Gasteiger partial charge in [0, 0.05) is 0 Å². The van der Waals surface area contributed by atoms with Gasteiger partial charge in [-0.2, -0.15) is 0 Å². The molecule has 0 aromatic carbocycles. The molecular weight excluding hydrogens is 132 g/mol. The first-order valence-electron chi connectivity index (χ1n) is 3.32. The molecule has 3 amide bonds. The van der Waals surface area contributed by atoms with Gasteiger partial charge in [0.2, 0.25) is 5.91 Å². The third-order valence-electron chi connectivity index (χ3n) is 1.98. The van der Waals surface area contributed by atoms with E-state index < -0.39 is 0 Å². The molecule has 54 valence electrons. The molecule has 2 N–H and O–H groups in total. The Labute approximate surface area is 58.0 Å². The van der Waals surface area contributed by atoms with Crippen LogP contribution in [0, 0.1) is 0 Å². The molecule has 0 radical (unpaired) electrons. The first-order valence-corrected chi connectivity index (χ1v) is 3.32. The SMILES string of the molecule is O=C1CC2(CC2)NC(=O)N1. The van der Waals surface area contributed by atoms with Crippen LogP contribution in [0.1, 0.15) is 19.3 Å². The summed E-state index contributed by atoms with van der Waals surface area (Å²) in [6.45, 7) is 0. The number of nitrogens with one attached hydrogen (secondary N) is 2. The lowest BCUT2D eigenvalue weighted by atomic mass is 10.1. The molecule has 0 bridgehead atoms. The number of hydrogen-bond acceptors (Lipinski definition) is 2. The van der Waals surface area contributed by atoms with Crippen molar-refractivity contribution in [2.24, 2.45) is 0 Å². The van der Waals surface area contributed by atoms with Crippen LogP contribution < -0.4 is 10.6 Å². The number of hydrogen-bond donors (Lipinski definition) is 2. The van der Waals surface area contributed by atoms with E-state index in [1.807, 2.05) is 0 Å². The number of imide groups is 1. The van der Waals surface area contributed by atoms with Crippen LogP contribution in [-0.4, -0.2) is 17.5 Å². The summed E-state index contributed by atoms with van der Waals surface area (Å²) in [5, 5.41) is 4.91. The summed E-state index contributed by atoms with van der Waals surface area (Å²) >= 11 is 0. The summed E-state index contributed by atoms with van der Waals surface area (Å²) in [5.41, 5.74) is -0.139. The summed E-state index contributed by atoms with van der Waals surface area (Å²) in [7, 11) is 0. The Hall–Kier alpha value is -1.06. The van der Waals surface area contributed by atoms with Crippen molar-refractivity contribution in [1.29, 1.82) is 0 Å². The zero-order valence-electron chi connectivity index (χ0n) is 5.44. The second kappa shape index (κ2) is 1.51. The van der Waals surface area contributed by atoms with Crippen molar-refractivity contribution < 1.29 is 9.59 Å². The van der Waals surface area contributed by atoms with Gasteiger partial charge in [-0.05, 0) is 12.8 Å². The lowest BCUT2D eigenvalue weighted by Crippen LogP contribution is -2.53. The van der Waals surface area contributed by atoms with Gasteiger partial charge in [0.15, 0.2) is 0 Å². The molecule has 1 saturated carbocycles. The minimum absolute atomic E-state index is 0.139. The van der Waals surface area contributed by atoms with Crippen molar-refractivity contribution in [1.82, 2.24) is 10.6 Å². The van der Waals surface area contributed by atoms with Crippen LogP contribution in [0.5, 0.6) is 0 Å². The molecule has 0 unspecified atom stereocenters. The normalized spacial score (nSPS) is 27.6. The Balaban J connectivity index is 2.14. The summed E-state index contributed by atoms with van der Waals surface area (Å²) in [5.74, 6) is -0.152. The second-order valence-electron chi connectivity index (χ2n) is 2.96. The van der Waals surface area contributed by atoms with Crippen molar-refractivity contribution in [3.8, 4) is 0 Å². The predicted octanol–water partition coefficient (Wildman–Crippen LogP) is -0.251. The van der Waals surface area contributed by atoms with Crippen molar-refractivity contribution in [3.63, 3.8) is 0 Å². The van der Waals surface area contributed by atoms with Gasteiger partial charge in [-0.15, -0.1) is 0 Å². The van der Waals surface area contributed by atoms with E-state index in [4.69, 9.17) is 0 Å². The molecule has 1 aliphatic heterocycles. The Bertz CT molecular complexity index is 190. The van der Waals surface area contributed by atoms with Crippen LogP contribution in [0.25, 0.3) is 0 Å². The molecule has 4 heteroatoms. The highest BCUT2D eigenvalue weighted by atomic mass is 16.2. The van der Waals surface area contributed by atoms with E-state index in [0.29, 0.717) is 6.42 Å². The van der Waals surface area contributed by atoms with Gasteiger partial charge in [-0.1, -0.05) is 0 Å². The van der Waals surface area contributed by atoms with Gasteiger partial charge < -0.3 is 5.32 Å². The summed E-state index contributed by atoms with van der Waals surface area (Å²) in [6.07, 6.45) is 2.36. The highest BCUT2D eigenvalue weighted by Crippen LogP contribution is 2.39. The summed E-state index contributed by atoms with van der Waals surface area (Å²) in [6, 6.07) is -0.339. The Morgan fingerprint density at radius 2 is 2.00 bits per heavy atom. The average Bonchev–Trinajstić information content (AvgIpc) is 2.44. The summed E-state index contributed by atoms with van der Waals surface area (Å²) in [4.78, 5) is 21.4. The van der Waals surface area contributed by atoms with Crippen molar-refractivity contribution in [2.45, 2.75) is 24.8 Å². The number of amides is 3. The zero-order chi connectivity index (χ0) is 7.19. The van der Waals surface area contributed by atoms with Crippen molar-refractivity contribution >= 4 is 11.9 Å². The van der Waals surface area contributed by atoms with E-state index in [2.05, 4.69) is 10.6 Å². The van der Waals surface area contributed by atoms with Crippen LogP contribution in [0.15, 0.2) is 0 Å². The molecule has 0 aromatic heterocycles. The zero-order valence-corrected chi connectivity index (χ0v) is 5.44. The van der Waals surface area contributed by atoms with E-state index in [-0.39, 0.29) is 17.5 Å². The number of carbonyl (C=O) groups is 2. The molecule has 1 spiro atoms. The fourth-order valence-corrected chi connectivity index (χ4v) is 1.25. The Morgan fingerprint density at radius 3 is 2.50 bits per heavy atom. The van der Waals surface area contributed by atoms with Crippen LogP contribution in [-0.2, 0) is 4.79 Å². The minimum atomic E-state index is -0.339. The molecule has 4 nitrogen and oxygen atoms in total. The van der Waals surface area contributed by atoms with Crippen LogP contribution in [0.2, 0.25) is 0 Å². The van der Waals surface area contributed by atoms with Gasteiger partial charge in [-0.25, -0.2) is 4.79 Å². The maximum atomic E-state index is 10.8. The minimum Gasteiger partial charge on any atom is -0.332 e. The predicted molar refractivity (Wildman–Crippen MR) is 33.3 cm³/mol. The van der Waals surface area contributed by atoms with Gasteiger partial charge in [0.25, 0.3) is 0 Å². The molecular formula is C6H8N2O2. The highest BCUT2D eigenvalue weighted by molar-refractivity contribution is 5.98. The first kappa shape index (κ1) is 5.70. The van der Waals surface area contributed by atoms with Crippen LogP contribution in [0.4, 0.5) is 4.79 Å². The topological polar surface area (TPSA) is 58.2 Å². The van der Waals surface area contributed by atoms with Gasteiger partial charge in [-0.3, -0.25) is 10.1 Å². The maximum absolute atomic E-state index is 10.8. The lowest BCUT2D eigenvalue weighted by Gasteiger charge is -2.21. The average molecular weight is 140 g/mol. The quantitative estimate of drug-likeness (QED) is 0.487. The molecule has 1 heterocycles. The van der Waals surface area contributed by atoms with Crippen molar-refractivity contribution in [2.75, 3.05) is 0 Å². The molecule has 0 aromatic rings. The standard InChI is InChI=1S/C6H8N2O2/c9-4-3-6(1-2-6)8-5(10)7-4/h1-3H2,(H2,7,8,9,10). The molecule has 2 aliphatic rings. The molecule has 1 aliphatic carbocycles. The molecule has 2 rings (SSSR count). The number of carbonyl (C=O) groups excluding carboxylic acids is 2. The van der Waals surface area contributed by atoms with Crippen molar-refractivity contribution in [3.05, 3.63) is 0 Å². The molecule has 10 heavy (non-hydrogen) atoms. The lowest BCUT2D eigenvalue weighted by molar-refractivity contribution is -0.121. The van der Waals surface area contributed by atoms with Crippen LogP contribution >= 0.6 is 0 Å². The molecule has 1 saturated heterocycles. The van der Waals surface area contributed by atoms with Gasteiger partial charge >= 0.3 is 6.03 Å². The van der Waals surface area contributed by atoms with E-state index >= 15 is 0 Å². The van der Waals surface area contributed by atoms with E-state index in [9.17, 15) is 9.59 Å². The van der Waals surface area contributed by atoms with E-state index in [1.54, 1.807) is 0 Å².